The molecular weight excluding hydrogens is 448 g/mol. The minimum Gasteiger partial charge on any atom is -0.480 e. The summed E-state index contributed by atoms with van der Waals surface area (Å²) in [4.78, 5) is 39.7. The molecule has 2 saturated heterocycles. The van der Waals surface area contributed by atoms with E-state index in [1.165, 1.54) is 4.90 Å². The Kier molecular flexibility index (Phi) is 5.48. The van der Waals surface area contributed by atoms with E-state index in [1.807, 2.05) is 24.3 Å². The van der Waals surface area contributed by atoms with Crippen LogP contribution in [0.4, 0.5) is 4.79 Å². The Balaban J connectivity index is 1.16. The molecule has 8 nitrogen and oxygen atoms in total. The first-order valence-electron chi connectivity index (χ1n) is 12.3. The number of fused-ring (bicyclic) bond motifs is 4. The fourth-order valence-corrected chi connectivity index (χ4v) is 6.02. The van der Waals surface area contributed by atoms with Gasteiger partial charge in [0, 0.05) is 18.9 Å². The first kappa shape index (κ1) is 22.1. The second-order valence-electron chi connectivity index (χ2n) is 9.89. The van der Waals surface area contributed by atoms with Gasteiger partial charge in [-0.25, -0.2) is 9.59 Å². The summed E-state index contributed by atoms with van der Waals surface area (Å²) in [7, 11) is 0. The zero-order valence-electron chi connectivity index (χ0n) is 19.3. The molecule has 2 aromatic rings. The van der Waals surface area contributed by atoms with Crippen LogP contribution in [0.2, 0.25) is 0 Å². The molecule has 182 valence electrons. The van der Waals surface area contributed by atoms with Crippen LogP contribution in [0.5, 0.6) is 0 Å². The Hall–Kier alpha value is -3.39. The average Bonchev–Trinajstić information content (AvgIpc) is 3.35. The molecule has 0 radical (unpaired) electrons. The predicted octanol–water partition coefficient (Wildman–Crippen LogP) is 3.15. The smallest absolute Gasteiger partial charge is 0.407 e. The molecule has 2 N–H and O–H groups in total. The van der Waals surface area contributed by atoms with E-state index in [4.69, 9.17) is 9.47 Å². The maximum Gasteiger partial charge on any atom is 0.407 e. The number of carboxylic acid groups (broad SMARTS) is 1. The number of nitrogens with zero attached hydrogens (tertiary/aromatic N) is 1. The quantitative estimate of drug-likeness (QED) is 0.664. The van der Waals surface area contributed by atoms with Crippen LogP contribution in [0.1, 0.15) is 42.7 Å². The number of ether oxygens (including phenoxy) is 2. The zero-order valence-corrected chi connectivity index (χ0v) is 19.3. The number of carbonyl (C=O) groups excluding carboxylic acids is 2. The molecule has 2 aliphatic carbocycles. The third kappa shape index (κ3) is 3.86. The molecular formula is C27H28N2O6. The number of benzene rings is 2. The second kappa shape index (κ2) is 8.68. The Labute approximate surface area is 203 Å². The van der Waals surface area contributed by atoms with Gasteiger partial charge in [-0.3, -0.25) is 4.79 Å². The van der Waals surface area contributed by atoms with Crippen molar-refractivity contribution < 1.29 is 29.0 Å². The maximum absolute atomic E-state index is 13.5. The molecule has 2 amide bonds. The van der Waals surface area contributed by atoms with Gasteiger partial charge in [-0.2, -0.15) is 0 Å². The highest BCUT2D eigenvalue weighted by Crippen LogP contribution is 2.44. The summed E-state index contributed by atoms with van der Waals surface area (Å²) in [6.45, 7) is 0.671. The van der Waals surface area contributed by atoms with Gasteiger partial charge in [-0.1, -0.05) is 48.5 Å². The molecule has 6 rings (SSSR count). The van der Waals surface area contributed by atoms with E-state index in [9.17, 15) is 19.5 Å². The van der Waals surface area contributed by atoms with Gasteiger partial charge in [0.1, 0.15) is 18.7 Å². The van der Waals surface area contributed by atoms with Crippen LogP contribution in [0, 0.1) is 5.92 Å². The Morgan fingerprint density at radius 2 is 1.69 bits per heavy atom. The molecule has 1 saturated carbocycles. The molecule has 0 spiro atoms. The molecule has 4 atom stereocenters. The third-order valence-electron chi connectivity index (χ3n) is 7.84. The lowest BCUT2D eigenvalue weighted by atomic mass is 9.98. The normalized spacial score (nSPS) is 25.5. The first-order valence-corrected chi connectivity index (χ1v) is 12.3. The number of hydrogen-bond acceptors (Lipinski definition) is 5. The minimum atomic E-state index is -1.04. The summed E-state index contributed by atoms with van der Waals surface area (Å²) in [6, 6.07) is 14.2. The van der Waals surface area contributed by atoms with Gasteiger partial charge < -0.3 is 24.8 Å². The van der Waals surface area contributed by atoms with Gasteiger partial charge in [-0.05, 0) is 47.4 Å². The van der Waals surface area contributed by atoms with E-state index < -0.39 is 24.1 Å². The molecule has 0 aromatic heterocycles. The highest BCUT2D eigenvalue weighted by Gasteiger charge is 2.53. The van der Waals surface area contributed by atoms with Crippen LogP contribution in [0.3, 0.4) is 0 Å². The summed E-state index contributed by atoms with van der Waals surface area (Å²) >= 11 is 0. The molecule has 2 aliphatic heterocycles. The van der Waals surface area contributed by atoms with Crippen molar-refractivity contribution in [2.75, 3.05) is 13.2 Å². The standard InChI is InChI=1S/C27H28N2O6/c30-25(29-21-11-12-34-23(21)13-22(29)26(31)32)24(15-9-10-15)28-27(33)35-14-20-18-7-3-1-5-16(18)17-6-2-4-8-19(17)20/h1-8,15,20-24H,9-14H2,(H,28,33)(H,31,32)/t21-,22?,23-,24?/m0/s1. The van der Waals surface area contributed by atoms with Gasteiger partial charge in [-0.15, -0.1) is 0 Å². The van der Waals surface area contributed by atoms with Crippen molar-refractivity contribution in [1.29, 1.82) is 0 Å². The topological polar surface area (TPSA) is 105 Å². The van der Waals surface area contributed by atoms with Crippen molar-refractivity contribution in [2.45, 2.75) is 55.8 Å². The van der Waals surface area contributed by atoms with Crippen LogP contribution in [0.25, 0.3) is 11.1 Å². The minimum absolute atomic E-state index is 0.00111. The van der Waals surface area contributed by atoms with E-state index in [-0.39, 0.29) is 42.9 Å². The molecule has 35 heavy (non-hydrogen) atoms. The molecule has 8 heteroatoms. The Morgan fingerprint density at radius 1 is 1.03 bits per heavy atom. The van der Waals surface area contributed by atoms with Crippen molar-refractivity contribution in [1.82, 2.24) is 10.2 Å². The summed E-state index contributed by atoms with van der Waals surface area (Å²) in [5.74, 6) is -1.45. The average molecular weight is 477 g/mol. The zero-order chi connectivity index (χ0) is 24.1. The van der Waals surface area contributed by atoms with Gasteiger partial charge >= 0.3 is 12.1 Å². The van der Waals surface area contributed by atoms with Crippen molar-refractivity contribution >= 4 is 18.0 Å². The molecule has 2 unspecified atom stereocenters. The number of carboxylic acids is 1. The number of alkyl carbamates (subject to hydrolysis) is 1. The number of rotatable bonds is 6. The van der Waals surface area contributed by atoms with E-state index in [0.29, 0.717) is 13.0 Å². The first-order chi connectivity index (χ1) is 17.0. The number of hydrogen-bond donors (Lipinski definition) is 2. The van der Waals surface area contributed by atoms with E-state index in [1.54, 1.807) is 0 Å². The molecule has 4 aliphatic rings. The highest BCUT2D eigenvalue weighted by molar-refractivity contribution is 5.91. The van der Waals surface area contributed by atoms with Gasteiger partial charge in [0.25, 0.3) is 0 Å². The van der Waals surface area contributed by atoms with Gasteiger partial charge in [0.2, 0.25) is 5.91 Å². The van der Waals surface area contributed by atoms with Crippen molar-refractivity contribution in [3.8, 4) is 11.1 Å². The SMILES string of the molecule is O=C(NC(C(=O)N1C(C(=O)O)C[C@@H]2OCC[C@@H]21)C1CC1)OCC1c2ccccc2-c2ccccc21. The van der Waals surface area contributed by atoms with Gasteiger partial charge in [0.05, 0.1) is 12.1 Å². The summed E-state index contributed by atoms with van der Waals surface area (Å²) in [6.07, 6.45) is 1.63. The summed E-state index contributed by atoms with van der Waals surface area (Å²) in [5.41, 5.74) is 4.52. The molecule has 2 heterocycles. The van der Waals surface area contributed by atoms with E-state index >= 15 is 0 Å². The highest BCUT2D eigenvalue weighted by atomic mass is 16.5. The van der Waals surface area contributed by atoms with Crippen molar-refractivity contribution in [3.63, 3.8) is 0 Å². The summed E-state index contributed by atoms with van der Waals surface area (Å²) in [5, 5.41) is 12.5. The van der Waals surface area contributed by atoms with Crippen LogP contribution in [-0.4, -0.2) is 65.4 Å². The maximum atomic E-state index is 13.5. The van der Waals surface area contributed by atoms with Crippen LogP contribution < -0.4 is 5.32 Å². The van der Waals surface area contributed by atoms with Gasteiger partial charge in [0.15, 0.2) is 0 Å². The number of likely N-dealkylation sites (tertiary alicyclic amines) is 1. The molecule has 0 bridgehead atoms. The van der Waals surface area contributed by atoms with Crippen LogP contribution in [-0.2, 0) is 19.1 Å². The van der Waals surface area contributed by atoms with E-state index in [2.05, 4.69) is 29.6 Å². The second-order valence-corrected chi connectivity index (χ2v) is 9.89. The van der Waals surface area contributed by atoms with Crippen molar-refractivity contribution in [2.24, 2.45) is 5.92 Å². The largest absolute Gasteiger partial charge is 0.480 e. The third-order valence-corrected chi connectivity index (χ3v) is 7.84. The lowest BCUT2D eigenvalue weighted by Gasteiger charge is -2.31. The number of aliphatic carboxylic acids is 1. The number of carbonyl (C=O) groups is 3. The summed E-state index contributed by atoms with van der Waals surface area (Å²) < 4.78 is 11.3. The lowest BCUT2D eigenvalue weighted by Crippen LogP contribution is -2.55. The fraction of sp³-hybridized carbons (Fsp3) is 0.444. The molecule has 3 fully saturated rings. The fourth-order valence-electron chi connectivity index (χ4n) is 6.02. The predicted molar refractivity (Wildman–Crippen MR) is 126 cm³/mol. The van der Waals surface area contributed by atoms with Crippen LogP contribution >= 0.6 is 0 Å². The lowest BCUT2D eigenvalue weighted by molar-refractivity contribution is -0.150. The van der Waals surface area contributed by atoms with Crippen LogP contribution in [0.15, 0.2) is 48.5 Å². The Bertz CT molecular complexity index is 1130. The monoisotopic (exact) mass is 476 g/mol. The number of nitrogens with one attached hydrogen (secondary N) is 1. The molecule has 2 aromatic carbocycles. The van der Waals surface area contributed by atoms with E-state index in [0.717, 1.165) is 35.1 Å². The Morgan fingerprint density at radius 3 is 2.31 bits per heavy atom. The van der Waals surface area contributed by atoms with Crippen molar-refractivity contribution in [3.05, 3.63) is 59.7 Å². The number of amides is 2.